The molecule has 4 rings (SSSR count). The van der Waals surface area contributed by atoms with Gasteiger partial charge in [0.1, 0.15) is 0 Å². The summed E-state index contributed by atoms with van der Waals surface area (Å²) in [7, 11) is 0. The Hall–Kier alpha value is -3.83. The zero-order chi connectivity index (χ0) is 22.3. The highest BCUT2D eigenvalue weighted by Gasteiger charge is 2.17. The number of hydrazone groups is 1. The van der Waals surface area contributed by atoms with Gasteiger partial charge in [-0.2, -0.15) is 20.1 Å². The lowest BCUT2D eigenvalue weighted by molar-refractivity contribution is -0.384. The summed E-state index contributed by atoms with van der Waals surface area (Å²) < 4.78 is 5.39. The van der Waals surface area contributed by atoms with Crippen molar-refractivity contribution in [1.82, 2.24) is 15.0 Å². The molecule has 2 heterocycles. The molecule has 0 unspecified atom stereocenters. The zero-order valence-electron chi connectivity index (χ0n) is 16.8. The molecule has 11 nitrogen and oxygen atoms in total. The topological polar surface area (TPSA) is 131 Å². The van der Waals surface area contributed by atoms with Gasteiger partial charge in [-0.25, -0.2) is 5.43 Å². The highest BCUT2D eigenvalue weighted by Crippen LogP contribution is 2.22. The van der Waals surface area contributed by atoms with Gasteiger partial charge in [-0.05, 0) is 23.8 Å². The van der Waals surface area contributed by atoms with Gasteiger partial charge >= 0.3 is 0 Å². The molecule has 164 valence electrons. The van der Waals surface area contributed by atoms with Gasteiger partial charge < -0.3 is 15.0 Å². The summed E-state index contributed by atoms with van der Waals surface area (Å²) in [6, 6.07) is 13.3. The SMILES string of the molecule is O=[N+]([O-])c1cccc(Nc2nc(N/N=C\c3cccc(Cl)c3)nc(N3CCOCC3)n2)c1. The van der Waals surface area contributed by atoms with Crippen LogP contribution in [-0.2, 0) is 4.74 Å². The van der Waals surface area contributed by atoms with Gasteiger partial charge in [0.2, 0.25) is 17.8 Å². The van der Waals surface area contributed by atoms with Gasteiger partial charge in [0.15, 0.2) is 0 Å². The number of rotatable bonds is 7. The fraction of sp³-hybridized carbons (Fsp3) is 0.200. The first kappa shape index (κ1) is 21.4. The Kier molecular flexibility index (Phi) is 6.68. The number of morpholine rings is 1. The number of halogens is 1. The van der Waals surface area contributed by atoms with E-state index in [4.69, 9.17) is 16.3 Å². The van der Waals surface area contributed by atoms with Crippen LogP contribution < -0.4 is 15.6 Å². The summed E-state index contributed by atoms with van der Waals surface area (Å²) >= 11 is 5.99. The number of anilines is 4. The second kappa shape index (κ2) is 9.98. The molecule has 1 aromatic heterocycles. The van der Waals surface area contributed by atoms with Crippen molar-refractivity contribution in [1.29, 1.82) is 0 Å². The van der Waals surface area contributed by atoms with Crippen molar-refractivity contribution < 1.29 is 9.66 Å². The Bertz CT molecular complexity index is 1140. The summed E-state index contributed by atoms with van der Waals surface area (Å²) in [4.78, 5) is 25.8. The van der Waals surface area contributed by atoms with E-state index in [2.05, 4.69) is 30.8 Å². The van der Waals surface area contributed by atoms with Crippen LogP contribution >= 0.6 is 11.6 Å². The zero-order valence-corrected chi connectivity index (χ0v) is 17.6. The van der Waals surface area contributed by atoms with Crippen molar-refractivity contribution in [2.45, 2.75) is 0 Å². The van der Waals surface area contributed by atoms with E-state index in [0.717, 1.165) is 5.56 Å². The first-order valence-electron chi connectivity index (χ1n) is 9.72. The fourth-order valence-corrected chi connectivity index (χ4v) is 3.15. The minimum atomic E-state index is -0.463. The van der Waals surface area contributed by atoms with Gasteiger partial charge in [0.05, 0.1) is 24.4 Å². The highest BCUT2D eigenvalue weighted by atomic mass is 35.5. The predicted molar refractivity (Wildman–Crippen MR) is 122 cm³/mol. The molecule has 12 heteroatoms. The normalized spacial score (nSPS) is 13.8. The number of hydrogen-bond donors (Lipinski definition) is 2. The summed E-state index contributed by atoms with van der Waals surface area (Å²) in [6.07, 6.45) is 1.59. The van der Waals surface area contributed by atoms with Gasteiger partial charge in [0.25, 0.3) is 5.69 Å². The molecule has 0 bridgehead atoms. The van der Waals surface area contributed by atoms with Crippen molar-refractivity contribution in [3.63, 3.8) is 0 Å². The van der Waals surface area contributed by atoms with Crippen molar-refractivity contribution in [2.24, 2.45) is 5.10 Å². The van der Waals surface area contributed by atoms with Crippen LogP contribution in [0.1, 0.15) is 5.56 Å². The lowest BCUT2D eigenvalue weighted by Crippen LogP contribution is -2.37. The maximum Gasteiger partial charge on any atom is 0.271 e. The van der Waals surface area contributed by atoms with Crippen LogP contribution in [0.15, 0.2) is 53.6 Å². The number of nitro benzene ring substituents is 1. The second-order valence-corrected chi connectivity index (χ2v) is 7.18. The highest BCUT2D eigenvalue weighted by molar-refractivity contribution is 6.30. The van der Waals surface area contributed by atoms with Crippen molar-refractivity contribution in [2.75, 3.05) is 41.9 Å². The molecule has 1 fully saturated rings. The molecule has 0 spiro atoms. The number of ether oxygens (including phenoxy) is 1. The average molecular weight is 455 g/mol. The van der Waals surface area contributed by atoms with Crippen molar-refractivity contribution >= 4 is 47.0 Å². The Balaban J connectivity index is 1.59. The van der Waals surface area contributed by atoms with Crippen LogP contribution in [0.4, 0.5) is 29.2 Å². The number of nitrogens with zero attached hydrogens (tertiary/aromatic N) is 6. The van der Waals surface area contributed by atoms with Crippen LogP contribution in [0.25, 0.3) is 0 Å². The van der Waals surface area contributed by atoms with Gasteiger partial charge in [0, 0.05) is 35.9 Å². The Morgan fingerprint density at radius 2 is 1.88 bits per heavy atom. The molecule has 0 amide bonds. The first-order chi connectivity index (χ1) is 15.6. The van der Waals surface area contributed by atoms with Gasteiger partial charge in [-0.1, -0.05) is 29.8 Å². The maximum atomic E-state index is 11.1. The summed E-state index contributed by atoms with van der Waals surface area (Å²) in [5.74, 6) is 0.881. The van der Waals surface area contributed by atoms with E-state index in [1.807, 2.05) is 17.0 Å². The molecule has 0 radical (unpaired) electrons. The number of aromatic nitrogens is 3. The lowest BCUT2D eigenvalue weighted by atomic mass is 10.2. The monoisotopic (exact) mass is 454 g/mol. The molecular formula is C20H19ClN8O3. The molecular weight excluding hydrogens is 436 g/mol. The Morgan fingerprint density at radius 3 is 2.66 bits per heavy atom. The molecule has 2 N–H and O–H groups in total. The molecule has 0 aliphatic carbocycles. The third-order valence-electron chi connectivity index (χ3n) is 4.46. The van der Waals surface area contributed by atoms with Crippen LogP contribution in [0.3, 0.4) is 0 Å². The van der Waals surface area contributed by atoms with Crippen LogP contribution in [0.2, 0.25) is 5.02 Å². The quantitative estimate of drug-likeness (QED) is 0.313. The van der Waals surface area contributed by atoms with Crippen molar-refractivity contribution in [3.05, 3.63) is 69.2 Å². The fourth-order valence-electron chi connectivity index (χ4n) is 2.95. The Labute approximate surface area is 188 Å². The molecule has 2 aromatic carbocycles. The summed E-state index contributed by atoms with van der Waals surface area (Å²) in [5, 5.41) is 18.8. The summed E-state index contributed by atoms with van der Waals surface area (Å²) in [5.41, 5.74) is 4.05. The number of nitro groups is 1. The van der Waals surface area contributed by atoms with E-state index in [0.29, 0.717) is 43.0 Å². The molecule has 0 saturated carbocycles. The standard InChI is InChI=1S/C20H19ClN8O3/c21-15-4-1-3-14(11-15)13-22-27-19-24-18(23-16-5-2-6-17(12-16)29(30)31)25-20(26-19)28-7-9-32-10-8-28/h1-6,11-13H,7-10H2,(H2,23,24,25,26,27)/b22-13-. The maximum absolute atomic E-state index is 11.1. The van der Waals surface area contributed by atoms with Gasteiger partial charge in [-0.3, -0.25) is 10.1 Å². The van der Waals surface area contributed by atoms with Crippen LogP contribution in [0.5, 0.6) is 0 Å². The number of non-ortho nitro benzene ring substituents is 1. The second-order valence-electron chi connectivity index (χ2n) is 6.74. The lowest BCUT2D eigenvalue weighted by Gasteiger charge is -2.27. The number of nitrogens with one attached hydrogen (secondary N) is 2. The molecule has 1 aliphatic rings. The molecule has 3 aromatic rings. The number of hydrogen-bond acceptors (Lipinski definition) is 10. The third-order valence-corrected chi connectivity index (χ3v) is 4.69. The molecule has 1 aliphatic heterocycles. The van der Waals surface area contributed by atoms with Crippen LogP contribution in [-0.4, -0.2) is 52.4 Å². The van der Waals surface area contributed by atoms with Gasteiger partial charge in [-0.15, -0.1) is 0 Å². The van der Waals surface area contributed by atoms with E-state index in [1.54, 1.807) is 30.5 Å². The predicted octanol–water partition coefficient (Wildman–Crippen LogP) is 3.46. The van der Waals surface area contributed by atoms with E-state index in [1.165, 1.54) is 12.1 Å². The summed E-state index contributed by atoms with van der Waals surface area (Å²) in [6.45, 7) is 2.39. The number of benzene rings is 2. The van der Waals surface area contributed by atoms with E-state index >= 15 is 0 Å². The molecule has 32 heavy (non-hydrogen) atoms. The first-order valence-corrected chi connectivity index (χ1v) is 10.1. The average Bonchev–Trinajstić information content (AvgIpc) is 2.80. The molecule has 0 atom stereocenters. The smallest absolute Gasteiger partial charge is 0.271 e. The van der Waals surface area contributed by atoms with E-state index in [-0.39, 0.29) is 17.6 Å². The van der Waals surface area contributed by atoms with Crippen molar-refractivity contribution in [3.8, 4) is 0 Å². The third kappa shape index (κ3) is 5.65. The minimum Gasteiger partial charge on any atom is -0.378 e. The molecule has 1 saturated heterocycles. The van der Waals surface area contributed by atoms with E-state index in [9.17, 15) is 10.1 Å². The minimum absolute atomic E-state index is 0.0399. The Morgan fingerprint density at radius 1 is 1.09 bits per heavy atom. The largest absolute Gasteiger partial charge is 0.378 e. The van der Waals surface area contributed by atoms with Crippen LogP contribution in [0, 0.1) is 10.1 Å². The van der Waals surface area contributed by atoms with E-state index < -0.39 is 4.92 Å².